The fraction of sp³-hybridized carbons (Fsp3) is 0.211. The Morgan fingerprint density at radius 3 is 2.73 bits per heavy atom. The summed E-state index contributed by atoms with van der Waals surface area (Å²) in [7, 11) is 1.65. The molecule has 0 unspecified atom stereocenters. The third-order valence-corrected chi connectivity index (χ3v) is 4.29. The Morgan fingerprint density at radius 1 is 1.18 bits per heavy atom. The van der Waals surface area contributed by atoms with E-state index in [0.29, 0.717) is 0 Å². The molecule has 2 aromatic rings. The first kappa shape index (κ1) is 14.4. The number of ether oxygens (including phenoxy) is 1. The van der Waals surface area contributed by atoms with Crippen LogP contribution in [-0.2, 0) is 4.79 Å². The third kappa shape index (κ3) is 2.39. The number of aldehydes is 1. The van der Waals surface area contributed by atoms with E-state index in [9.17, 15) is 4.79 Å². The van der Waals surface area contributed by atoms with Crippen LogP contribution < -0.4 is 10.1 Å². The Balaban J connectivity index is 2.07. The lowest BCUT2D eigenvalue weighted by Gasteiger charge is -2.37. The Morgan fingerprint density at radius 2 is 2.00 bits per heavy atom. The molecule has 3 atom stereocenters. The molecule has 0 aromatic heterocycles. The van der Waals surface area contributed by atoms with Crippen LogP contribution in [0, 0.1) is 5.92 Å². The first-order valence-electron chi connectivity index (χ1n) is 7.35. The number of para-hydroxylation sites is 1. The van der Waals surface area contributed by atoms with E-state index in [2.05, 4.69) is 11.9 Å². The summed E-state index contributed by atoms with van der Waals surface area (Å²) < 4.78 is 5.30. The number of hydrogen-bond acceptors (Lipinski definition) is 3. The molecule has 22 heavy (non-hydrogen) atoms. The van der Waals surface area contributed by atoms with Crippen molar-refractivity contribution >= 4 is 12.0 Å². The Kier molecular flexibility index (Phi) is 3.96. The van der Waals surface area contributed by atoms with Crippen LogP contribution in [0.3, 0.4) is 0 Å². The second-order valence-electron chi connectivity index (χ2n) is 5.46. The number of allylic oxidation sites excluding steroid dienone is 1. The van der Waals surface area contributed by atoms with Gasteiger partial charge in [-0.1, -0.05) is 36.4 Å². The van der Waals surface area contributed by atoms with Crippen molar-refractivity contribution in [3.05, 3.63) is 72.3 Å². The lowest BCUT2D eigenvalue weighted by molar-refractivity contribution is -0.112. The maximum absolute atomic E-state index is 11.8. The molecular formula is C19H19NO2. The van der Waals surface area contributed by atoms with E-state index in [1.54, 1.807) is 7.11 Å². The summed E-state index contributed by atoms with van der Waals surface area (Å²) in [4.78, 5) is 11.8. The molecule has 2 aromatic carbocycles. The van der Waals surface area contributed by atoms with Crippen LogP contribution >= 0.6 is 0 Å². The van der Waals surface area contributed by atoms with Gasteiger partial charge in [0.05, 0.1) is 13.2 Å². The van der Waals surface area contributed by atoms with E-state index in [1.165, 1.54) is 0 Å². The van der Waals surface area contributed by atoms with Crippen molar-refractivity contribution in [3.63, 3.8) is 0 Å². The number of methoxy groups -OCH3 is 1. The highest BCUT2D eigenvalue weighted by Gasteiger charge is 2.35. The van der Waals surface area contributed by atoms with E-state index in [4.69, 9.17) is 4.74 Å². The number of nitrogens with one attached hydrogen (secondary N) is 1. The minimum absolute atomic E-state index is 0.00570. The zero-order valence-electron chi connectivity index (χ0n) is 12.5. The molecule has 0 spiro atoms. The van der Waals surface area contributed by atoms with Crippen LogP contribution in [0.4, 0.5) is 5.69 Å². The monoisotopic (exact) mass is 293 g/mol. The van der Waals surface area contributed by atoms with Crippen molar-refractivity contribution in [1.82, 2.24) is 0 Å². The molecule has 3 rings (SSSR count). The molecule has 3 nitrogen and oxygen atoms in total. The molecule has 112 valence electrons. The van der Waals surface area contributed by atoms with E-state index in [0.717, 1.165) is 28.8 Å². The predicted octanol–water partition coefficient (Wildman–Crippen LogP) is 3.95. The van der Waals surface area contributed by atoms with Gasteiger partial charge in [0.25, 0.3) is 0 Å². The van der Waals surface area contributed by atoms with Crippen molar-refractivity contribution in [2.75, 3.05) is 12.4 Å². The molecule has 0 saturated heterocycles. The van der Waals surface area contributed by atoms with Gasteiger partial charge in [-0.05, 0) is 29.3 Å². The van der Waals surface area contributed by atoms with Crippen LogP contribution in [0.1, 0.15) is 23.1 Å². The first-order valence-corrected chi connectivity index (χ1v) is 7.35. The third-order valence-electron chi connectivity index (χ3n) is 4.29. The summed E-state index contributed by atoms with van der Waals surface area (Å²) in [6.07, 6.45) is 2.89. The molecule has 0 amide bonds. The quantitative estimate of drug-likeness (QED) is 0.685. The topological polar surface area (TPSA) is 38.3 Å². The summed E-state index contributed by atoms with van der Waals surface area (Å²) in [5.41, 5.74) is 3.21. The molecule has 1 aliphatic rings. The molecule has 0 fully saturated rings. The highest BCUT2D eigenvalue weighted by atomic mass is 16.5. The molecule has 1 aliphatic heterocycles. The van der Waals surface area contributed by atoms with Gasteiger partial charge >= 0.3 is 0 Å². The van der Waals surface area contributed by atoms with Crippen molar-refractivity contribution < 1.29 is 9.53 Å². The summed E-state index contributed by atoms with van der Waals surface area (Å²) in [6.45, 7) is 3.93. The highest BCUT2D eigenvalue weighted by molar-refractivity contribution is 5.68. The van der Waals surface area contributed by atoms with E-state index < -0.39 is 0 Å². The summed E-state index contributed by atoms with van der Waals surface area (Å²) in [5, 5.41) is 3.50. The van der Waals surface area contributed by atoms with Gasteiger partial charge in [-0.25, -0.2) is 0 Å². The van der Waals surface area contributed by atoms with Gasteiger partial charge in [0.15, 0.2) is 0 Å². The van der Waals surface area contributed by atoms with Gasteiger partial charge < -0.3 is 14.8 Å². The summed E-state index contributed by atoms with van der Waals surface area (Å²) >= 11 is 0. The zero-order valence-corrected chi connectivity index (χ0v) is 12.5. The SMILES string of the molecule is C=C[C@@H]1c2ccccc2N[C@H](c2cccc(OC)c2)[C@H]1C=O. The average Bonchev–Trinajstić information content (AvgIpc) is 2.59. The van der Waals surface area contributed by atoms with E-state index in [1.807, 2.05) is 54.6 Å². The van der Waals surface area contributed by atoms with E-state index >= 15 is 0 Å². The van der Waals surface area contributed by atoms with Crippen molar-refractivity contribution in [2.45, 2.75) is 12.0 Å². The number of hydrogen-bond donors (Lipinski definition) is 1. The molecular weight excluding hydrogens is 274 g/mol. The standard InChI is InChI=1S/C19H19NO2/c1-3-15-16-9-4-5-10-18(16)20-19(17(15)12-21)13-7-6-8-14(11-13)22-2/h3-12,15,17,19-20H,1H2,2H3/t15-,17+,19-/m1/s1. The fourth-order valence-corrected chi connectivity index (χ4v) is 3.19. The Labute approximate surface area is 130 Å². The highest BCUT2D eigenvalue weighted by Crippen LogP contribution is 2.44. The first-order chi connectivity index (χ1) is 10.8. The van der Waals surface area contributed by atoms with Crippen LogP contribution in [0.2, 0.25) is 0 Å². The van der Waals surface area contributed by atoms with Crippen LogP contribution in [0.15, 0.2) is 61.2 Å². The number of rotatable bonds is 4. The lowest BCUT2D eigenvalue weighted by atomic mass is 9.76. The molecule has 0 saturated carbocycles. The van der Waals surface area contributed by atoms with Crippen LogP contribution in [0.5, 0.6) is 5.75 Å². The van der Waals surface area contributed by atoms with Crippen LogP contribution in [-0.4, -0.2) is 13.4 Å². The largest absolute Gasteiger partial charge is 0.497 e. The number of benzene rings is 2. The zero-order chi connectivity index (χ0) is 15.5. The predicted molar refractivity (Wildman–Crippen MR) is 88.3 cm³/mol. The Hall–Kier alpha value is -2.55. The minimum Gasteiger partial charge on any atom is -0.497 e. The summed E-state index contributed by atoms with van der Waals surface area (Å²) in [5.74, 6) is 0.601. The second kappa shape index (κ2) is 6.06. The van der Waals surface area contributed by atoms with Gasteiger partial charge in [0.1, 0.15) is 12.0 Å². The number of anilines is 1. The van der Waals surface area contributed by atoms with Crippen LogP contribution in [0.25, 0.3) is 0 Å². The summed E-state index contributed by atoms with van der Waals surface area (Å²) in [6, 6.07) is 15.8. The van der Waals surface area contributed by atoms with Gasteiger partial charge in [-0.2, -0.15) is 0 Å². The molecule has 0 bridgehead atoms. The molecule has 3 heteroatoms. The molecule has 1 heterocycles. The number of fused-ring (bicyclic) bond motifs is 1. The Bertz CT molecular complexity index is 695. The van der Waals surface area contributed by atoms with E-state index in [-0.39, 0.29) is 17.9 Å². The lowest BCUT2D eigenvalue weighted by Crippen LogP contribution is -2.32. The molecule has 0 aliphatic carbocycles. The van der Waals surface area contributed by atoms with Crippen molar-refractivity contribution in [1.29, 1.82) is 0 Å². The maximum atomic E-state index is 11.8. The van der Waals surface area contributed by atoms with Gasteiger partial charge in [0.2, 0.25) is 0 Å². The fourth-order valence-electron chi connectivity index (χ4n) is 3.19. The molecule has 1 N–H and O–H groups in total. The smallest absolute Gasteiger partial charge is 0.126 e. The average molecular weight is 293 g/mol. The normalized spacial score (nSPS) is 23.0. The van der Waals surface area contributed by atoms with Gasteiger partial charge in [0, 0.05) is 17.5 Å². The van der Waals surface area contributed by atoms with Gasteiger partial charge in [-0.15, -0.1) is 6.58 Å². The van der Waals surface area contributed by atoms with Crippen molar-refractivity contribution in [3.8, 4) is 5.75 Å². The number of carbonyl (C=O) groups excluding carboxylic acids is 1. The van der Waals surface area contributed by atoms with Gasteiger partial charge in [-0.3, -0.25) is 0 Å². The number of carbonyl (C=O) groups is 1. The second-order valence-corrected chi connectivity index (χ2v) is 5.46. The molecule has 0 radical (unpaired) electrons. The maximum Gasteiger partial charge on any atom is 0.126 e. The van der Waals surface area contributed by atoms with Crippen molar-refractivity contribution in [2.24, 2.45) is 5.92 Å². The minimum atomic E-state index is -0.195.